The van der Waals surface area contributed by atoms with Gasteiger partial charge in [-0.1, -0.05) is 6.92 Å². The molecule has 0 spiro atoms. The minimum absolute atomic E-state index is 0.0230. The third-order valence-corrected chi connectivity index (χ3v) is 5.13. The van der Waals surface area contributed by atoms with Crippen LogP contribution in [-0.2, 0) is 16.1 Å². The Morgan fingerprint density at radius 3 is 2.60 bits per heavy atom. The molecule has 1 aromatic rings. The average Bonchev–Trinajstić information content (AvgIpc) is 2.97. The number of aliphatic hydroxyl groups is 1. The van der Waals surface area contributed by atoms with Crippen LogP contribution in [-0.4, -0.2) is 52.7 Å². The number of amides is 1. The summed E-state index contributed by atoms with van der Waals surface area (Å²) in [7, 11) is 0. The number of ether oxygens (including phenoxy) is 1. The van der Waals surface area contributed by atoms with Gasteiger partial charge in [0.25, 0.3) is 11.8 Å². The lowest BCUT2D eigenvalue weighted by Crippen LogP contribution is -2.40. The van der Waals surface area contributed by atoms with Gasteiger partial charge < -0.3 is 14.7 Å². The summed E-state index contributed by atoms with van der Waals surface area (Å²) in [4.78, 5) is 37.7. The molecule has 1 atom stereocenters. The van der Waals surface area contributed by atoms with Crippen molar-refractivity contribution >= 4 is 17.5 Å². The molecule has 1 aliphatic heterocycles. The van der Waals surface area contributed by atoms with Crippen LogP contribution in [0, 0.1) is 5.82 Å². The molecule has 1 aromatic carbocycles. The topological polar surface area (TPSA) is 83.9 Å². The first kappa shape index (κ1) is 23.9. The molecule has 0 bridgehead atoms. The number of Topliss-reactive ketones (excluding diaryl/α,β-unsaturated/α-hetero) is 2. The van der Waals surface area contributed by atoms with Crippen LogP contribution in [0.1, 0.15) is 61.9 Å². The number of halogens is 3. The minimum Gasteiger partial charge on any atom is -0.490 e. The van der Waals surface area contributed by atoms with E-state index in [4.69, 9.17) is 9.84 Å². The van der Waals surface area contributed by atoms with E-state index in [1.165, 1.54) is 17.9 Å². The summed E-state index contributed by atoms with van der Waals surface area (Å²) in [6.07, 6.45) is -0.715. The summed E-state index contributed by atoms with van der Waals surface area (Å²) in [5, 5.41) is 8.62. The zero-order valence-electron chi connectivity index (χ0n) is 17.1. The Labute approximate surface area is 173 Å². The Morgan fingerprint density at radius 2 is 2.00 bits per heavy atom. The minimum atomic E-state index is -3.13. The van der Waals surface area contributed by atoms with E-state index in [-0.39, 0.29) is 42.3 Å². The van der Waals surface area contributed by atoms with Crippen LogP contribution in [0.5, 0.6) is 5.75 Å². The Hall–Kier alpha value is -2.42. The molecule has 1 amide bonds. The third-order valence-electron chi connectivity index (χ3n) is 5.13. The molecule has 0 fully saturated rings. The van der Waals surface area contributed by atoms with E-state index >= 15 is 0 Å². The summed E-state index contributed by atoms with van der Waals surface area (Å²) in [5.74, 6) is -5.07. The van der Waals surface area contributed by atoms with Gasteiger partial charge in [0, 0.05) is 44.4 Å². The smallest absolute Gasteiger partial charge is 0.255 e. The highest BCUT2D eigenvalue weighted by atomic mass is 19.3. The molecule has 1 unspecified atom stereocenters. The molecule has 0 saturated heterocycles. The van der Waals surface area contributed by atoms with Crippen molar-refractivity contribution in [2.24, 2.45) is 0 Å². The van der Waals surface area contributed by atoms with Gasteiger partial charge in [0.05, 0.1) is 12.6 Å². The van der Waals surface area contributed by atoms with Gasteiger partial charge in [-0.2, -0.15) is 0 Å². The van der Waals surface area contributed by atoms with Gasteiger partial charge in [0.2, 0.25) is 0 Å². The maximum Gasteiger partial charge on any atom is 0.255 e. The number of ketones is 2. The fourth-order valence-corrected chi connectivity index (χ4v) is 3.35. The number of fused-ring (bicyclic) bond motifs is 1. The van der Waals surface area contributed by atoms with Crippen molar-refractivity contribution in [1.29, 1.82) is 0 Å². The van der Waals surface area contributed by atoms with Crippen molar-refractivity contribution in [1.82, 2.24) is 4.90 Å². The molecule has 0 saturated carbocycles. The largest absolute Gasteiger partial charge is 0.490 e. The van der Waals surface area contributed by atoms with Crippen molar-refractivity contribution in [3.8, 4) is 5.75 Å². The van der Waals surface area contributed by atoms with E-state index < -0.39 is 49.7 Å². The van der Waals surface area contributed by atoms with Gasteiger partial charge in [0.15, 0.2) is 17.3 Å². The predicted molar refractivity (Wildman–Crippen MR) is 102 cm³/mol. The van der Waals surface area contributed by atoms with Crippen molar-refractivity contribution in [3.05, 3.63) is 29.1 Å². The second-order valence-corrected chi connectivity index (χ2v) is 7.36. The number of hydrogen-bond acceptors (Lipinski definition) is 5. The standard InChI is InChI=1S/C21H26F3NO5/c1-3-15(28)4-5-18(13(2)27)25-12-14-10-19(17(22)11-16(14)20(25)29)30-9-7-21(23,24)6-8-26/h10-11,18,26H,3-9,12H2,1-2H3. The van der Waals surface area contributed by atoms with E-state index in [1.54, 1.807) is 6.92 Å². The van der Waals surface area contributed by atoms with Crippen LogP contribution in [0.15, 0.2) is 12.1 Å². The summed E-state index contributed by atoms with van der Waals surface area (Å²) in [6.45, 7) is 1.95. The molecule has 166 valence electrons. The number of carbonyl (C=O) groups excluding carboxylic acids is 3. The van der Waals surface area contributed by atoms with Gasteiger partial charge in [-0.25, -0.2) is 13.2 Å². The quantitative estimate of drug-likeness (QED) is 0.551. The lowest BCUT2D eigenvalue weighted by molar-refractivity contribution is -0.122. The van der Waals surface area contributed by atoms with Gasteiger partial charge in [0.1, 0.15) is 5.78 Å². The van der Waals surface area contributed by atoms with Crippen molar-refractivity contribution in [2.75, 3.05) is 13.2 Å². The zero-order valence-corrected chi connectivity index (χ0v) is 17.1. The molecule has 1 aliphatic rings. The van der Waals surface area contributed by atoms with E-state index in [0.717, 1.165) is 6.07 Å². The number of nitrogens with zero attached hydrogens (tertiary/aromatic N) is 1. The molecule has 0 aromatic heterocycles. The lowest BCUT2D eigenvalue weighted by atomic mass is 10.0. The number of rotatable bonds is 12. The first-order valence-corrected chi connectivity index (χ1v) is 9.86. The van der Waals surface area contributed by atoms with Gasteiger partial charge in [-0.05, 0) is 31.0 Å². The third kappa shape index (κ3) is 5.81. The second kappa shape index (κ2) is 10.1. The monoisotopic (exact) mass is 429 g/mol. The highest BCUT2D eigenvalue weighted by Gasteiger charge is 2.36. The van der Waals surface area contributed by atoms with Crippen LogP contribution in [0.3, 0.4) is 0 Å². The number of aliphatic hydroxyl groups excluding tert-OH is 1. The van der Waals surface area contributed by atoms with Crippen molar-refractivity contribution < 1.29 is 37.4 Å². The van der Waals surface area contributed by atoms with Crippen LogP contribution < -0.4 is 4.74 Å². The molecular weight excluding hydrogens is 403 g/mol. The predicted octanol–water partition coefficient (Wildman–Crippen LogP) is 3.29. The Morgan fingerprint density at radius 1 is 1.30 bits per heavy atom. The fourth-order valence-electron chi connectivity index (χ4n) is 3.35. The first-order chi connectivity index (χ1) is 14.1. The SMILES string of the molecule is CCC(=O)CCC(C(C)=O)N1Cc2cc(OCCC(F)(F)CCO)c(F)cc2C1=O. The maximum atomic E-state index is 14.3. The van der Waals surface area contributed by atoms with Crippen LogP contribution >= 0.6 is 0 Å². The molecule has 2 rings (SSSR count). The Bertz CT molecular complexity index is 812. The average molecular weight is 429 g/mol. The number of carbonyl (C=O) groups is 3. The van der Waals surface area contributed by atoms with Crippen LogP contribution in [0.25, 0.3) is 0 Å². The van der Waals surface area contributed by atoms with Crippen molar-refractivity contribution in [2.45, 2.75) is 64.5 Å². The zero-order chi connectivity index (χ0) is 22.5. The molecule has 9 heteroatoms. The molecule has 0 radical (unpaired) electrons. The summed E-state index contributed by atoms with van der Waals surface area (Å²) in [5.41, 5.74) is 0.505. The molecular formula is C21H26F3NO5. The molecule has 6 nitrogen and oxygen atoms in total. The van der Waals surface area contributed by atoms with Gasteiger partial charge in [-0.15, -0.1) is 0 Å². The Kier molecular flexibility index (Phi) is 8.00. The second-order valence-electron chi connectivity index (χ2n) is 7.36. The van der Waals surface area contributed by atoms with Gasteiger partial charge in [-0.3, -0.25) is 14.4 Å². The summed E-state index contributed by atoms with van der Waals surface area (Å²) < 4.78 is 46.3. The van der Waals surface area contributed by atoms with Crippen LogP contribution in [0.2, 0.25) is 0 Å². The highest BCUT2D eigenvalue weighted by Crippen LogP contribution is 2.32. The normalized spacial score (nSPS) is 14.6. The molecule has 1 heterocycles. The fraction of sp³-hybridized carbons (Fsp3) is 0.571. The number of hydrogen-bond donors (Lipinski definition) is 1. The number of benzene rings is 1. The lowest BCUT2D eigenvalue weighted by Gasteiger charge is -2.25. The van der Waals surface area contributed by atoms with E-state index in [2.05, 4.69) is 0 Å². The first-order valence-electron chi connectivity index (χ1n) is 9.86. The summed E-state index contributed by atoms with van der Waals surface area (Å²) in [6, 6.07) is 1.46. The van der Waals surface area contributed by atoms with E-state index in [1.807, 2.05) is 0 Å². The maximum absolute atomic E-state index is 14.3. The summed E-state index contributed by atoms with van der Waals surface area (Å²) >= 11 is 0. The number of alkyl halides is 2. The molecule has 30 heavy (non-hydrogen) atoms. The Balaban J connectivity index is 2.12. The molecule has 0 aliphatic carbocycles. The van der Waals surface area contributed by atoms with Gasteiger partial charge >= 0.3 is 0 Å². The van der Waals surface area contributed by atoms with Crippen molar-refractivity contribution in [3.63, 3.8) is 0 Å². The molecule has 1 N–H and O–H groups in total. The van der Waals surface area contributed by atoms with Crippen LogP contribution in [0.4, 0.5) is 13.2 Å². The van der Waals surface area contributed by atoms with E-state index in [0.29, 0.717) is 12.0 Å². The highest BCUT2D eigenvalue weighted by molar-refractivity contribution is 6.01. The van der Waals surface area contributed by atoms with E-state index in [9.17, 15) is 27.6 Å².